The Hall–Kier alpha value is -2.37. The zero-order valence-corrected chi connectivity index (χ0v) is 15.8. The van der Waals surface area contributed by atoms with Crippen molar-refractivity contribution in [3.8, 4) is 0 Å². The van der Waals surface area contributed by atoms with Crippen LogP contribution in [-0.2, 0) is 14.4 Å². The van der Waals surface area contributed by atoms with Crippen LogP contribution < -0.4 is 5.32 Å². The first-order valence-corrected chi connectivity index (χ1v) is 9.78. The molecule has 1 aromatic carbocycles. The molecule has 0 radical (unpaired) electrons. The van der Waals surface area contributed by atoms with Gasteiger partial charge in [-0.15, -0.1) is 0 Å². The smallest absolute Gasteiger partial charge is 0.311 e. The molecule has 1 heterocycles. The van der Waals surface area contributed by atoms with Gasteiger partial charge >= 0.3 is 5.97 Å². The number of aliphatic carboxylic acids is 1. The van der Waals surface area contributed by atoms with E-state index < -0.39 is 17.3 Å². The largest absolute Gasteiger partial charge is 0.481 e. The second-order valence-corrected chi connectivity index (χ2v) is 7.90. The van der Waals surface area contributed by atoms with Gasteiger partial charge < -0.3 is 15.3 Å². The van der Waals surface area contributed by atoms with E-state index in [2.05, 4.69) is 5.32 Å². The van der Waals surface area contributed by atoms with Crippen LogP contribution >= 0.6 is 0 Å². The maximum atomic E-state index is 12.6. The third kappa shape index (κ3) is 4.15. The van der Waals surface area contributed by atoms with Gasteiger partial charge in [0.2, 0.25) is 11.8 Å². The Labute approximate surface area is 159 Å². The third-order valence-electron chi connectivity index (χ3n) is 6.14. The predicted molar refractivity (Wildman–Crippen MR) is 101 cm³/mol. The molecule has 6 nitrogen and oxygen atoms in total. The highest BCUT2D eigenvalue weighted by molar-refractivity contribution is 5.89. The van der Waals surface area contributed by atoms with Crippen molar-refractivity contribution in [3.05, 3.63) is 35.9 Å². The van der Waals surface area contributed by atoms with E-state index in [1.54, 1.807) is 4.90 Å². The minimum Gasteiger partial charge on any atom is -0.481 e. The normalized spacial score (nSPS) is 23.1. The average molecular weight is 372 g/mol. The van der Waals surface area contributed by atoms with Crippen LogP contribution in [0, 0.1) is 11.3 Å². The SMILES string of the molecule is CC(c1ccccc1)N1CC(C(=O)NCC2(C(=O)O)CCCCC2)CC1=O. The highest BCUT2D eigenvalue weighted by atomic mass is 16.4. The molecule has 6 heteroatoms. The van der Waals surface area contributed by atoms with E-state index in [0.29, 0.717) is 19.4 Å². The molecule has 2 atom stereocenters. The number of rotatable bonds is 6. The lowest BCUT2D eigenvalue weighted by Crippen LogP contribution is -2.46. The van der Waals surface area contributed by atoms with Gasteiger partial charge in [-0.05, 0) is 25.3 Å². The summed E-state index contributed by atoms with van der Waals surface area (Å²) >= 11 is 0. The molecule has 2 fully saturated rings. The summed E-state index contributed by atoms with van der Waals surface area (Å²) in [6, 6.07) is 9.68. The van der Waals surface area contributed by atoms with Crippen LogP contribution in [0.2, 0.25) is 0 Å². The molecular weight excluding hydrogens is 344 g/mol. The van der Waals surface area contributed by atoms with Gasteiger partial charge in [0.15, 0.2) is 0 Å². The standard InChI is InChI=1S/C21H28N2O4/c1-15(16-8-4-2-5-9-16)23-13-17(12-18(23)24)19(25)22-14-21(20(26)27)10-6-3-7-11-21/h2,4-5,8-9,15,17H,3,6-7,10-14H2,1H3,(H,22,25)(H,26,27). The van der Waals surface area contributed by atoms with E-state index >= 15 is 0 Å². The first-order valence-electron chi connectivity index (χ1n) is 9.78. The fourth-order valence-corrected chi connectivity index (χ4v) is 4.29. The van der Waals surface area contributed by atoms with Gasteiger partial charge in [-0.1, -0.05) is 49.6 Å². The monoisotopic (exact) mass is 372 g/mol. The Morgan fingerprint density at radius 2 is 1.89 bits per heavy atom. The minimum atomic E-state index is -0.854. The molecule has 3 rings (SSSR count). The first kappa shape index (κ1) is 19.4. The fourth-order valence-electron chi connectivity index (χ4n) is 4.29. The summed E-state index contributed by atoms with van der Waals surface area (Å²) in [6.07, 6.45) is 4.20. The van der Waals surface area contributed by atoms with Gasteiger partial charge in [-0.2, -0.15) is 0 Å². The Morgan fingerprint density at radius 1 is 1.22 bits per heavy atom. The van der Waals surface area contributed by atoms with Crippen LogP contribution in [0.3, 0.4) is 0 Å². The Balaban J connectivity index is 1.59. The summed E-state index contributed by atoms with van der Waals surface area (Å²) in [5.41, 5.74) is 0.187. The third-order valence-corrected chi connectivity index (χ3v) is 6.14. The Bertz CT molecular complexity index is 697. The number of hydrogen-bond acceptors (Lipinski definition) is 3. The van der Waals surface area contributed by atoms with Crippen molar-refractivity contribution in [2.45, 2.75) is 51.5 Å². The highest BCUT2D eigenvalue weighted by Crippen LogP contribution is 2.36. The van der Waals surface area contributed by atoms with Crippen molar-refractivity contribution in [2.75, 3.05) is 13.1 Å². The van der Waals surface area contributed by atoms with Crippen LogP contribution in [0.25, 0.3) is 0 Å². The van der Waals surface area contributed by atoms with Crippen molar-refractivity contribution in [1.29, 1.82) is 0 Å². The number of nitrogens with zero attached hydrogens (tertiary/aromatic N) is 1. The van der Waals surface area contributed by atoms with Crippen LogP contribution in [0.15, 0.2) is 30.3 Å². The second-order valence-electron chi connectivity index (χ2n) is 7.90. The Morgan fingerprint density at radius 3 is 2.52 bits per heavy atom. The van der Waals surface area contributed by atoms with Gasteiger partial charge in [-0.25, -0.2) is 0 Å². The molecule has 0 bridgehead atoms. The summed E-state index contributed by atoms with van der Waals surface area (Å²) in [6.45, 7) is 2.50. The molecule has 27 heavy (non-hydrogen) atoms. The summed E-state index contributed by atoms with van der Waals surface area (Å²) in [7, 11) is 0. The van der Waals surface area contributed by atoms with Crippen molar-refractivity contribution in [1.82, 2.24) is 10.2 Å². The van der Waals surface area contributed by atoms with Gasteiger partial charge in [-0.3, -0.25) is 14.4 Å². The molecule has 1 aliphatic heterocycles. The van der Waals surface area contributed by atoms with Crippen LogP contribution in [0.1, 0.15) is 57.1 Å². The van der Waals surface area contributed by atoms with Crippen molar-refractivity contribution >= 4 is 17.8 Å². The number of carbonyl (C=O) groups is 3. The van der Waals surface area contributed by atoms with Crippen molar-refractivity contribution in [2.24, 2.45) is 11.3 Å². The van der Waals surface area contributed by atoms with E-state index in [0.717, 1.165) is 24.8 Å². The number of amides is 2. The van der Waals surface area contributed by atoms with E-state index in [1.807, 2.05) is 37.3 Å². The average Bonchev–Trinajstić information content (AvgIpc) is 3.08. The number of nitrogens with one attached hydrogen (secondary N) is 1. The molecule has 2 aliphatic rings. The number of carboxylic acid groups (broad SMARTS) is 1. The lowest BCUT2D eigenvalue weighted by molar-refractivity contribution is -0.151. The number of likely N-dealkylation sites (tertiary alicyclic amines) is 1. The maximum Gasteiger partial charge on any atom is 0.311 e. The topological polar surface area (TPSA) is 86.7 Å². The van der Waals surface area contributed by atoms with E-state index in [4.69, 9.17) is 0 Å². The van der Waals surface area contributed by atoms with Gasteiger partial charge in [0, 0.05) is 19.5 Å². The van der Waals surface area contributed by atoms with Crippen molar-refractivity contribution in [3.63, 3.8) is 0 Å². The van der Waals surface area contributed by atoms with Gasteiger partial charge in [0.1, 0.15) is 0 Å². The second kappa shape index (κ2) is 8.11. The molecule has 1 aromatic rings. The minimum absolute atomic E-state index is 0.0304. The molecule has 1 saturated heterocycles. The molecule has 1 aliphatic carbocycles. The lowest BCUT2D eigenvalue weighted by Gasteiger charge is -2.33. The van der Waals surface area contributed by atoms with Crippen LogP contribution in [-0.4, -0.2) is 40.9 Å². The van der Waals surface area contributed by atoms with Crippen LogP contribution in [0.4, 0.5) is 0 Å². The number of carbonyl (C=O) groups excluding carboxylic acids is 2. The number of hydrogen-bond donors (Lipinski definition) is 2. The quantitative estimate of drug-likeness (QED) is 0.804. The molecule has 2 unspecified atom stereocenters. The maximum absolute atomic E-state index is 12.6. The lowest BCUT2D eigenvalue weighted by atomic mass is 9.74. The van der Waals surface area contributed by atoms with Crippen molar-refractivity contribution < 1.29 is 19.5 Å². The molecule has 2 amide bonds. The van der Waals surface area contributed by atoms with E-state index in [1.165, 1.54) is 0 Å². The van der Waals surface area contributed by atoms with E-state index in [-0.39, 0.29) is 30.8 Å². The zero-order chi connectivity index (χ0) is 19.4. The zero-order valence-electron chi connectivity index (χ0n) is 15.8. The molecular formula is C21H28N2O4. The first-order chi connectivity index (χ1) is 12.9. The Kier molecular flexibility index (Phi) is 5.82. The van der Waals surface area contributed by atoms with Gasteiger partial charge in [0.25, 0.3) is 0 Å². The molecule has 2 N–H and O–H groups in total. The summed E-state index contributed by atoms with van der Waals surface area (Å²) in [5, 5.41) is 12.5. The predicted octanol–water partition coefficient (Wildman–Crippen LogP) is 2.75. The molecule has 146 valence electrons. The molecule has 1 saturated carbocycles. The summed E-state index contributed by atoms with van der Waals surface area (Å²) in [4.78, 5) is 38.5. The molecule has 0 spiro atoms. The highest BCUT2D eigenvalue weighted by Gasteiger charge is 2.42. The summed E-state index contributed by atoms with van der Waals surface area (Å²) < 4.78 is 0. The number of carboxylic acids is 1. The van der Waals surface area contributed by atoms with Gasteiger partial charge in [0.05, 0.1) is 17.4 Å². The molecule has 0 aromatic heterocycles. The van der Waals surface area contributed by atoms with E-state index in [9.17, 15) is 19.5 Å². The number of benzene rings is 1. The fraction of sp³-hybridized carbons (Fsp3) is 0.571. The summed E-state index contributed by atoms with van der Waals surface area (Å²) in [5.74, 6) is -1.49. The van der Waals surface area contributed by atoms with Crippen LogP contribution in [0.5, 0.6) is 0 Å².